The van der Waals surface area contributed by atoms with Gasteiger partial charge in [0.2, 0.25) is 0 Å². The van der Waals surface area contributed by atoms with E-state index in [1.165, 1.54) is 23.9 Å². The Morgan fingerprint density at radius 3 is 2.64 bits per heavy atom. The number of halogens is 1. The molecule has 2 nitrogen and oxygen atoms in total. The van der Waals surface area contributed by atoms with Crippen LogP contribution in [0.15, 0.2) is 29.3 Å². The SMILES string of the molecule is O=C1CSC(Cc2ccc(F)cc2)=N1. The highest BCUT2D eigenvalue weighted by molar-refractivity contribution is 8.15. The van der Waals surface area contributed by atoms with Gasteiger partial charge >= 0.3 is 0 Å². The molecule has 0 fully saturated rings. The van der Waals surface area contributed by atoms with Crippen LogP contribution in [-0.4, -0.2) is 16.7 Å². The molecular formula is C10H8FNOS. The van der Waals surface area contributed by atoms with Gasteiger partial charge in [-0.1, -0.05) is 12.1 Å². The Labute approximate surface area is 85.2 Å². The van der Waals surface area contributed by atoms with Gasteiger partial charge in [-0.3, -0.25) is 4.79 Å². The van der Waals surface area contributed by atoms with Crippen molar-refractivity contribution >= 4 is 22.7 Å². The van der Waals surface area contributed by atoms with Crippen molar-refractivity contribution in [2.45, 2.75) is 6.42 Å². The Balaban J connectivity index is 2.08. The molecule has 1 heterocycles. The lowest BCUT2D eigenvalue weighted by Gasteiger charge is -1.98. The molecule has 0 unspecified atom stereocenters. The second-order valence-corrected chi connectivity index (χ2v) is 4.04. The van der Waals surface area contributed by atoms with Crippen molar-refractivity contribution in [3.8, 4) is 0 Å². The Morgan fingerprint density at radius 1 is 1.36 bits per heavy atom. The van der Waals surface area contributed by atoms with E-state index in [1.54, 1.807) is 12.1 Å². The third-order valence-corrected chi connectivity index (χ3v) is 2.84. The first-order chi connectivity index (χ1) is 6.74. The fourth-order valence-electron chi connectivity index (χ4n) is 1.22. The standard InChI is InChI=1S/C10H8FNOS/c11-8-3-1-7(2-4-8)5-10-12-9(13)6-14-10/h1-4H,5-6H2. The number of rotatable bonds is 2. The zero-order valence-electron chi connectivity index (χ0n) is 7.37. The number of hydrogen-bond donors (Lipinski definition) is 0. The van der Waals surface area contributed by atoms with E-state index in [4.69, 9.17) is 0 Å². The molecule has 1 aromatic carbocycles. The quantitative estimate of drug-likeness (QED) is 0.746. The van der Waals surface area contributed by atoms with E-state index in [-0.39, 0.29) is 11.7 Å². The molecule has 0 radical (unpaired) electrons. The smallest absolute Gasteiger partial charge is 0.256 e. The Kier molecular flexibility index (Phi) is 2.63. The fraction of sp³-hybridized carbons (Fsp3) is 0.200. The fourth-order valence-corrected chi connectivity index (χ4v) is 2.01. The molecule has 0 atom stereocenters. The summed E-state index contributed by atoms with van der Waals surface area (Å²) in [4.78, 5) is 14.7. The van der Waals surface area contributed by atoms with Crippen molar-refractivity contribution in [1.29, 1.82) is 0 Å². The van der Waals surface area contributed by atoms with Crippen LogP contribution in [0.1, 0.15) is 5.56 Å². The summed E-state index contributed by atoms with van der Waals surface area (Å²) in [5.41, 5.74) is 0.979. The molecule has 72 valence electrons. The number of benzene rings is 1. The summed E-state index contributed by atoms with van der Waals surface area (Å²) in [5.74, 6) is 0.120. The highest BCUT2D eigenvalue weighted by atomic mass is 32.2. The monoisotopic (exact) mass is 209 g/mol. The van der Waals surface area contributed by atoms with Crippen molar-refractivity contribution < 1.29 is 9.18 Å². The Hall–Kier alpha value is -1.16. The van der Waals surface area contributed by atoms with E-state index < -0.39 is 0 Å². The second-order valence-electron chi connectivity index (χ2n) is 2.99. The molecule has 0 bridgehead atoms. The molecule has 0 saturated heterocycles. The molecule has 2 rings (SSSR count). The third-order valence-electron chi connectivity index (χ3n) is 1.88. The number of nitrogens with zero attached hydrogens (tertiary/aromatic N) is 1. The molecule has 0 spiro atoms. The van der Waals surface area contributed by atoms with Gasteiger partial charge in [-0.2, -0.15) is 0 Å². The zero-order chi connectivity index (χ0) is 9.97. The second kappa shape index (κ2) is 3.92. The largest absolute Gasteiger partial charge is 0.272 e. The summed E-state index contributed by atoms with van der Waals surface area (Å²) in [7, 11) is 0. The highest BCUT2D eigenvalue weighted by Gasteiger charge is 2.14. The van der Waals surface area contributed by atoms with Gasteiger partial charge in [-0.15, -0.1) is 11.8 Å². The number of aliphatic imine (C=N–C) groups is 1. The maximum atomic E-state index is 12.6. The van der Waals surface area contributed by atoms with E-state index in [0.29, 0.717) is 12.2 Å². The minimum absolute atomic E-state index is 0.0767. The summed E-state index contributed by atoms with van der Waals surface area (Å²) in [6.45, 7) is 0. The van der Waals surface area contributed by atoms with Crippen LogP contribution in [0.3, 0.4) is 0 Å². The summed E-state index contributed by atoms with van der Waals surface area (Å²) in [5, 5.41) is 0.821. The van der Waals surface area contributed by atoms with Gasteiger partial charge in [0.25, 0.3) is 5.91 Å². The van der Waals surface area contributed by atoms with Gasteiger partial charge < -0.3 is 0 Å². The topological polar surface area (TPSA) is 29.4 Å². The minimum Gasteiger partial charge on any atom is -0.272 e. The molecule has 1 aliphatic heterocycles. The van der Waals surface area contributed by atoms with E-state index in [0.717, 1.165) is 10.6 Å². The van der Waals surface area contributed by atoms with Crippen molar-refractivity contribution in [3.63, 3.8) is 0 Å². The lowest BCUT2D eigenvalue weighted by atomic mass is 10.2. The van der Waals surface area contributed by atoms with E-state index in [9.17, 15) is 9.18 Å². The number of amides is 1. The van der Waals surface area contributed by atoms with E-state index in [1.807, 2.05) is 0 Å². The summed E-state index contributed by atoms with van der Waals surface area (Å²) in [6, 6.07) is 6.25. The van der Waals surface area contributed by atoms with Crippen LogP contribution in [0.5, 0.6) is 0 Å². The Bertz CT molecular complexity index is 386. The molecule has 0 N–H and O–H groups in total. The van der Waals surface area contributed by atoms with Crippen molar-refractivity contribution in [3.05, 3.63) is 35.6 Å². The molecule has 1 aliphatic rings. The number of carbonyl (C=O) groups excluding carboxylic acids is 1. The van der Waals surface area contributed by atoms with Crippen LogP contribution in [0.4, 0.5) is 4.39 Å². The molecule has 1 aromatic rings. The number of thioether (sulfide) groups is 1. The molecular weight excluding hydrogens is 201 g/mol. The van der Waals surface area contributed by atoms with Crippen LogP contribution in [-0.2, 0) is 11.2 Å². The van der Waals surface area contributed by atoms with Crippen molar-refractivity contribution in [1.82, 2.24) is 0 Å². The summed E-state index contributed by atoms with van der Waals surface area (Å²) < 4.78 is 12.6. The van der Waals surface area contributed by atoms with Crippen molar-refractivity contribution in [2.24, 2.45) is 4.99 Å². The average molecular weight is 209 g/mol. The lowest BCUT2D eigenvalue weighted by molar-refractivity contribution is -0.115. The molecule has 4 heteroatoms. The average Bonchev–Trinajstić information content (AvgIpc) is 2.56. The Morgan fingerprint density at radius 2 is 2.07 bits per heavy atom. The van der Waals surface area contributed by atoms with Crippen LogP contribution in [0, 0.1) is 5.82 Å². The number of hydrogen-bond acceptors (Lipinski definition) is 2. The van der Waals surface area contributed by atoms with E-state index in [2.05, 4.69) is 4.99 Å². The van der Waals surface area contributed by atoms with Crippen LogP contribution in [0.2, 0.25) is 0 Å². The number of carbonyl (C=O) groups is 1. The maximum Gasteiger partial charge on any atom is 0.256 e. The van der Waals surface area contributed by atoms with Gasteiger partial charge in [0.1, 0.15) is 5.82 Å². The maximum absolute atomic E-state index is 12.6. The van der Waals surface area contributed by atoms with Gasteiger partial charge in [-0.05, 0) is 17.7 Å². The minimum atomic E-state index is -0.245. The summed E-state index contributed by atoms with van der Waals surface area (Å²) in [6.07, 6.45) is 0.622. The molecule has 1 amide bonds. The van der Waals surface area contributed by atoms with Crippen molar-refractivity contribution in [2.75, 3.05) is 5.75 Å². The molecule has 0 aromatic heterocycles. The van der Waals surface area contributed by atoms with Crippen LogP contribution >= 0.6 is 11.8 Å². The van der Waals surface area contributed by atoms with Crippen LogP contribution < -0.4 is 0 Å². The predicted octanol–water partition coefficient (Wildman–Crippen LogP) is 2.04. The summed E-state index contributed by atoms with van der Waals surface area (Å²) >= 11 is 1.46. The first-order valence-electron chi connectivity index (χ1n) is 4.22. The van der Waals surface area contributed by atoms with Gasteiger partial charge in [0.05, 0.1) is 10.8 Å². The van der Waals surface area contributed by atoms with Gasteiger partial charge in [0.15, 0.2) is 0 Å². The molecule has 14 heavy (non-hydrogen) atoms. The molecule has 0 saturated carbocycles. The van der Waals surface area contributed by atoms with Gasteiger partial charge in [-0.25, -0.2) is 9.38 Å². The predicted molar refractivity (Wildman–Crippen MR) is 55.0 cm³/mol. The van der Waals surface area contributed by atoms with E-state index >= 15 is 0 Å². The first-order valence-corrected chi connectivity index (χ1v) is 5.20. The zero-order valence-corrected chi connectivity index (χ0v) is 8.18. The normalized spacial score (nSPS) is 15.8. The lowest BCUT2D eigenvalue weighted by Crippen LogP contribution is -1.94. The third kappa shape index (κ3) is 2.20. The highest BCUT2D eigenvalue weighted by Crippen LogP contribution is 2.17. The van der Waals surface area contributed by atoms with Crippen LogP contribution in [0.25, 0.3) is 0 Å². The van der Waals surface area contributed by atoms with Gasteiger partial charge in [0, 0.05) is 6.42 Å². The first kappa shape index (κ1) is 9.40. The molecule has 0 aliphatic carbocycles.